The van der Waals surface area contributed by atoms with Crippen molar-refractivity contribution in [2.75, 3.05) is 17.1 Å². The molecule has 0 aliphatic carbocycles. The summed E-state index contributed by atoms with van der Waals surface area (Å²) in [6, 6.07) is 11.3. The Kier molecular flexibility index (Phi) is 9.34. The molecule has 2 rings (SSSR count). The Balaban J connectivity index is 2.41. The molecule has 0 aliphatic heterocycles. The first kappa shape index (κ1) is 27.1. The van der Waals surface area contributed by atoms with Crippen LogP contribution < -0.4 is 9.62 Å². The Bertz CT molecular complexity index is 1120. The fraction of sp³-hybridized carbons (Fsp3) is 0.391. The summed E-state index contributed by atoms with van der Waals surface area (Å²) in [7, 11) is -3.80. The maximum absolute atomic E-state index is 13.4. The third-order valence-corrected chi connectivity index (χ3v) is 7.00. The molecule has 2 aromatic rings. The quantitative estimate of drug-likeness (QED) is 0.502. The molecule has 2 aromatic carbocycles. The van der Waals surface area contributed by atoms with Crippen LogP contribution in [0.15, 0.2) is 46.9 Å². The molecule has 180 valence electrons. The molecule has 0 spiro atoms. The van der Waals surface area contributed by atoms with Gasteiger partial charge in [0.25, 0.3) is 0 Å². The van der Waals surface area contributed by atoms with Crippen molar-refractivity contribution < 1.29 is 18.0 Å². The number of carbonyl (C=O) groups is 2. The third kappa shape index (κ3) is 7.72. The molecule has 0 radical (unpaired) electrons. The highest BCUT2D eigenvalue weighted by Gasteiger charge is 2.30. The van der Waals surface area contributed by atoms with Gasteiger partial charge in [-0.1, -0.05) is 45.7 Å². The maximum Gasteiger partial charge on any atom is 0.244 e. The average molecular weight is 559 g/mol. The minimum absolute atomic E-state index is 0.106. The van der Waals surface area contributed by atoms with E-state index < -0.39 is 28.5 Å². The van der Waals surface area contributed by atoms with Crippen LogP contribution in [0.2, 0.25) is 5.02 Å². The molecule has 0 unspecified atom stereocenters. The number of sulfonamides is 1. The lowest BCUT2D eigenvalue weighted by molar-refractivity contribution is -0.139. The van der Waals surface area contributed by atoms with Crippen molar-refractivity contribution in [2.24, 2.45) is 0 Å². The highest BCUT2D eigenvalue weighted by Crippen LogP contribution is 2.25. The summed E-state index contributed by atoms with van der Waals surface area (Å²) in [5.74, 6) is -0.832. The van der Waals surface area contributed by atoms with E-state index in [0.29, 0.717) is 5.02 Å². The summed E-state index contributed by atoms with van der Waals surface area (Å²) in [6.07, 6.45) is 1.03. The van der Waals surface area contributed by atoms with Crippen molar-refractivity contribution in [1.29, 1.82) is 0 Å². The maximum atomic E-state index is 13.4. The van der Waals surface area contributed by atoms with E-state index in [1.165, 1.54) is 11.0 Å². The van der Waals surface area contributed by atoms with E-state index in [2.05, 4.69) is 21.2 Å². The summed E-state index contributed by atoms with van der Waals surface area (Å²) in [4.78, 5) is 27.6. The fourth-order valence-corrected chi connectivity index (χ4v) is 4.63. The zero-order valence-electron chi connectivity index (χ0n) is 19.3. The minimum atomic E-state index is -3.80. The van der Waals surface area contributed by atoms with Gasteiger partial charge in [-0.15, -0.1) is 0 Å². The highest BCUT2D eigenvalue weighted by atomic mass is 79.9. The summed E-state index contributed by atoms with van der Waals surface area (Å²) in [5, 5.41) is 3.21. The predicted molar refractivity (Wildman–Crippen MR) is 136 cm³/mol. The van der Waals surface area contributed by atoms with Gasteiger partial charge >= 0.3 is 0 Å². The Hall–Kier alpha value is -2.10. The molecule has 0 saturated heterocycles. The van der Waals surface area contributed by atoms with E-state index in [0.717, 1.165) is 26.2 Å². The first-order valence-corrected chi connectivity index (χ1v) is 13.4. The van der Waals surface area contributed by atoms with Crippen molar-refractivity contribution in [3.8, 4) is 0 Å². The molecule has 10 heteroatoms. The van der Waals surface area contributed by atoms with Crippen LogP contribution in [0.3, 0.4) is 0 Å². The summed E-state index contributed by atoms with van der Waals surface area (Å²) in [6.45, 7) is 6.76. The lowest BCUT2D eigenvalue weighted by Gasteiger charge is -2.32. The smallest absolute Gasteiger partial charge is 0.244 e. The van der Waals surface area contributed by atoms with Crippen molar-refractivity contribution in [3.05, 3.63) is 63.1 Å². The predicted octanol–water partition coefficient (Wildman–Crippen LogP) is 4.12. The molecule has 33 heavy (non-hydrogen) atoms. The second-order valence-electron chi connectivity index (χ2n) is 8.19. The van der Waals surface area contributed by atoms with Gasteiger partial charge in [0.05, 0.1) is 11.9 Å². The number of rotatable bonds is 9. The van der Waals surface area contributed by atoms with Gasteiger partial charge in [0, 0.05) is 22.1 Å². The lowest BCUT2D eigenvalue weighted by Crippen LogP contribution is -2.52. The van der Waals surface area contributed by atoms with Crippen LogP contribution in [0.1, 0.15) is 31.9 Å². The number of hydrogen-bond donors (Lipinski definition) is 1. The molecule has 0 saturated carbocycles. The monoisotopic (exact) mass is 557 g/mol. The van der Waals surface area contributed by atoms with Gasteiger partial charge < -0.3 is 10.2 Å². The van der Waals surface area contributed by atoms with E-state index >= 15 is 0 Å². The molecule has 0 heterocycles. The van der Waals surface area contributed by atoms with Gasteiger partial charge in [-0.25, -0.2) is 8.42 Å². The Morgan fingerprint density at radius 2 is 1.79 bits per heavy atom. The van der Waals surface area contributed by atoms with E-state index in [4.69, 9.17) is 11.6 Å². The van der Waals surface area contributed by atoms with E-state index in [1.807, 2.05) is 38.1 Å². The molecular formula is C23H29BrClN3O4S. The number of nitrogens with zero attached hydrogens (tertiary/aromatic N) is 2. The fourth-order valence-electron chi connectivity index (χ4n) is 3.17. The molecule has 0 aromatic heterocycles. The van der Waals surface area contributed by atoms with Crippen LogP contribution in [0, 0.1) is 6.92 Å². The molecule has 0 bridgehead atoms. The zero-order valence-corrected chi connectivity index (χ0v) is 22.5. The number of aryl methyl sites for hydroxylation is 1. The number of hydrogen-bond acceptors (Lipinski definition) is 4. The Morgan fingerprint density at radius 3 is 2.33 bits per heavy atom. The number of anilines is 1. The van der Waals surface area contributed by atoms with Crippen molar-refractivity contribution in [3.63, 3.8) is 0 Å². The summed E-state index contributed by atoms with van der Waals surface area (Å²) < 4.78 is 27.0. The molecule has 0 aliphatic rings. The molecule has 7 nitrogen and oxygen atoms in total. The molecular weight excluding hydrogens is 530 g/mol. The first-order chi connectivity index (χ1) is 15.3. The molecule has 1 atom stereocenters. The van der Waals surface area contributed by atoms with Gasteiger partial charge in [-0.2, -0.15) is 0 Å². The van der Waals surface area contributed by atoms with Gasteiger partial charge in [0.15, 0.2) is 0 Å². The summed E-state index contributed by atoms with van der Waals surface area (Å²) >= 11 is 9.61. The van der Waals surface area contributed by atoms with E-state index in [1.54, 1.807) is 26.0 Å². The van der Waals surface area contributed by atoms with Gasteiger partial charge in [-0.3, -0.25) is 13.9 Å². The van der Waals surface area contributed by atoms with Crippen LogP contribution in [-0.2, 0) is 26.2 Å². The molecule has 0 fully saturated rings. The molecule has 2 amide bonds. The van der Waals surface area contributed by atoms with Crippen LogP contribution in [0.25, 0.3) is 0 Å². The van der Waals surface area contributed by atoms with Crippen LogP contribution >= 0.6 is 27.5 Å². The first-order valence-electron chi connectivity index (χ1n) is 10.4. The lowest BCUT2D eigenvalue weighted by atomic mass is 10.1. The van der Waals surface area contributed by atoms with E-state index in [9.17, 15) is 18.0 Å². The normalized spacial score (nSPS) is 12.4. The Labute approximate surface area is 209 Å². The average Bonchev–Trinajstić information content (AvgIpc) is 2.70. The minimum Gasteiger partial charge on any atom is -0.352 e. The van der Waals surface area contributed by atoms with Crippen LogP contribution in [-0.4, -0.2) is 50.0 Å². The number of halogens is 2. The SMILES string of the molecule is Cc1ccc(N(CC(=O)N(Cc2cccc(Br)c2)[C@H](C)C(=O)NC(C)C)S(C)(=O)=O)cc1Cl. The van der Waals surface area contributed by atoms with E-state index in [-0.39, 0.29) is 24.2 Å². The van der Waals surface area contributed by atoms with Gasteiger partial charge in [0.1, 0.15) is 12.6 Å². The van der Waals surface area contributed by atoms with Crippen LogP contribution in [0.4, 0.5) is 5.69 Å². The number of nitrogens with one attached hydrogen (secondary N) is 1. The van der Waals surface area contributed by atoms with Gasteiger partial charge in [0.2, 0.25) is 21.8 Å². The zero-order chi connectivity index (χ0) is 24.9. The standard InChI is InChI=1S/C23H29BrClN3O4S/c1-15(2)26-23(30)17(4)27(13-18-7-6-8-19(24)11-18)22(29)14-28(33(5,31)32)20-10-9-16(3)21(25)12-20/h6-12,15,17H,13-14H2,1-5H3,(H,26,30)/t17-/m1/s1. The highest BCUT2D eigenvalue weighted by molar-refractivity contribution is 9.10. The number of carbonyl (C=O) groups excluding carboxylic acids is 2. The summed E-state index contributed by atoms with van der Waals surface area (Å²) in [5.41, 5.74) is 1.87. The largest absolute Gasteiger partial charge is 0.352 e. The second kappa shape index (κ2) is 11.4. The van der Waals surface area contributed by atoms with Gasteiger partial charge in [-0.05, 0) is 63.1 Å². The van der Waals surface area contributed by atoms with Crippen molar-refractivity contribution in [2.45, 2.75) is 46.3 Å². The Morgan fingerprint density at radius 1 is 1.12 bits per heavy atom. The van der Waals surface area contributed by atoms with Crippen LogP contribution in [0.5, 0.6) is 0 Å². The third-order valence-electron chi connectivity index (χ3n) is 4.96. The van der Waals surface area contributed by atoms with Crippen molar-refractivity contribution >= 4 is 55.1 Å². The molecule has 1 N–H and O–H groups in total. The topological polar surface area (TPSA) is 86.8 Å². The number of benzene rings is 2. The second-order valence-corrected chi connectivity index (χ2v) is 11.4. The van der Waals surface area contributed by atoms with Crippen molar-refractivity contribution in [1.82, 2.24) is 10.2 Å². The number of amides is 2.